The standard InChI is InChI=1S/C19H33NO/c1-15(2)14-21-10-9-19(13-20-16(3)4)12-18-8-6-7-17(5)11-18/h6-8,11,15-16,19-20H,9-10,12-14H2,1-5H3. The minimum Gasteiger partial charge on any atom is -0.381 e. The Morgan fingerprint density at radius 3 is 2.52 bits per heavy atom. The first kappa shape index (κ1) is 18.2. The van der Waals surface area contributed by atoms with Crippen molar-refractivity contribution in [3.8, 4) is 0 Å². The van der Waals surface area contributed by atoms with Crippen LogP contribution < -0.4 is 5.32 Å². The summed E-state index contributed by atoms with van der Waals surface area (Å²) < 4.78 is 5.77. The predicted octanol–water partition coefficient (Wildman–Crippen LogP) is 4.21. The van der Waals surface area contributed by atoms with Crippen molar-refractivity contribution in [3.05, 3.63) is 35.4 Å². The van der Waals surface area contributed by atoms with Gasteiger partial charge in [-0.1, -0.05) is 57.5 Å². The number of ether oxygens (including phenoxy) is 1. The third kappa shape index (κ3) is 8.90. The zero-order valence-electron chi connectivity index (χ0n) is 14.5. The molecule has 2 nitrogen and oxygen atoms in total. The topological polar surface area (TPSA) is 21.3 Å². The van der Waals surface area contributed by atoms with E-state index in [0.29, 0.717) is 17.9 Å². The number of hydrogen-bond acceptors (Lipinski definition) is 2. The fourth-order valence-electron chi connectivity index (χ4n) is 2.42. The molecule has 1 atom stereocenters. The van der Waals surface area contributed by atoms with E-state index in [1.165, 1.54) is 11.1 Å². The first-order valence-electron chi connectivity index (χ1n) is 8.34. The molecule has 1 unspecified atom stereocenters. The number of benzene rings is 1. The van der Waals surface area contributed by atoms with E-state index in [1.54, 1.807) is 0 Å². The second-order valence-electron chi connectivity index (χ2n) is 6.88. The van der Waals surface area contributed by atoms with Gasteiger partial charge in [0.1, 0.15) is 0 Å². The Bertz CT molecular complexity index is 387. The molecule has 0 saturated heterocycles. The van der Waals surface area contributed by atoms with Gasteiger partial charge in [0.15, 0.2) is 0 Å². The Morgan fingerprint density at radius 2 is 1.90 bits per heavy atom. The Hall–Kier alpha value is -0.860. The van der Waals surface area contributed by atoms with Crippen molar-refractivity contribution < 1.29 is 4.74 Å². The molecule has 0 bridgehead atoms. The van der Waals surface area contributed by atoms with E-state index in [0.717, 1.165) is 32.6 Å². The molecule has 0 aliphatic heterocycles. The van der Waals surface area contributed by atoms with Gasteiger partial charge < -0.3 is 10.1 Å². The molecule has 0 amide bonds. The SMILES string of the molecule is Cc1cccc(CC(CCOCC(C)C)CNC(C)C)c1. The Balaban J connectivity index is 2.47. The molecule has 0 aromatic heterocycles. The number of nitrogens with one attached hydrogen (secondary N) is 1. The highest BCUT2D eigenvalue weighted by Crippen LogP contribution is 2.14. The molecule has 0 aliphatic rings. The molecule has 2 heteroatoms. The summed E-state index contributed by atoms with van der Waals surface area (Å²) in [5, 5.41) is 3.57. The molecule has 0 fully saturated rings. The van der Waals surface area contributed by atoms with Crippen LogP contribution in [0.3, 0.4) is 0 Å². The average molecular weight is 291 g/mol. The average Bonchev–Trinajstić information content (AvgIpc) is 2.40. The van der Waals surface area contributed by atoms with E-state index in [1.807, 2.05) is 0 Å². The van der Waals surface area contributed by atoms with E-state index >= 15 is 0 Å². The number of aryl methyl sites for hydroxylation is 1. The highest BCUT2D eigenvalue weighted by molar-refractivity contribution is 5.22. The Labute approximate surface area is 131 Å². The largest absolute Gasteiger partial charge is 0.381 e. The highest BCUT2D eigenvalue weighted by Gasteiger charge is 2.11. The maximum absolute atomic E-state index is 5.77. The second kappa shape index (κ2) is 9.97. The summed E-state index contributed by atoms with van der Waals surface area (Å²) in [4.78, 5) is 0. The van der Waals surface area contributed by atoms with Crippen LogP contribution in [0.4, 0.5) is 0 Å². The molecular formula is C19H33NO. The van der Waals surface area contributed by atoms with Crippen LogP contribution >= 0.6 is 0 Å². The van der Waals surface area contributed by atoms with Gasteiger partial charge in [-0.05, 0) is 43.7 Å². The van der Waals surface area contributed by atoms with E-state index in [9.17, 15) is 0 Å². The van der Waals surface area contributed by atoms with Gasteiger partial charge in [0.25, 0.3) is 0 Å². The molecule has 120 valence electrons. The van der Waals surface area contributed by atoms with Crippen molar-refractivity contribution >= 4 is 0 Å². The third-order valence-electron chi connectivity index (χ3n) is 3.54. The lowest BCUT2D eigenvalue weighted by molar-refractivity contribution is 0.0973. The van der Waals surface area contributed by atoms with Crippen molar-refractivity contribution in [2.75, 3.05) is 19.8 Å². The molecule has 0 heterocycles. The Kier molecular flexibility index (Phi) is 8.63. The normalized spacial score (nSPS) is 13.1. The van der Waals surface area contributed by atoms with Crippen LogP contribution in [0, 0.1) is 18.8 Å². The van der Waals surface area contributed by atoms with Crippen LogP contribution in [0.25, 0.3) is 0 Å². The summed E-state index contributed by atoms with van der Waals surface area (Å²) in [5.74, 6) is 1.26. The van der Waals surface area contributed by atoms with E-state index in [-0.39, 0.29) is 0 Å². The maximum atomic E-state index is 5.77. The molecule has 1 aromatic carbocycles. The monoisotopic (exact) mass is 291 g/mol. The van der Waals surface area contributed by atoms with Gasteiger partial charge in [0.05, 0.1) is 0 Å². The number of hydrogen-bond donors (Lipinski definition) is 1. The van der Waals surface area contributed by atoms with Crippen LogP contribution in [0.2, 0.25) is 0 Å². The summed E-state index contributed by atoms with van der Waals surface area (Å²) >= 11 is 0. The minimum absolute atomic E-state index is 0.543. The van der Waals surface area contributed by atoms with Crippen molar-refractivity contribution in [1.82, 2.24) is 5.32 Å². The summed E-state index contributed by atoms with van der Waals surface area (Å²) in [6.07, 6.45) is 2.26. The van der Waals surface area contributed by atoms with Gasteiger partial charge in [-0.25, -0.2) is 0 Å². The van der Waals surface area contributed by atoms with Crippen molar-refractivity contribution in [1.29, 1.82) is 0 Å². The Morgan fingerprint density at radius 1 is 1.14 bits per heavy atom. The molecule has 0 saturated carbocycles. The van der Waals surface area contributed by atoms with Gasteiger partial charge in [0, 0.05) is 19.3 Å². The predicted molar refractivity (Wildman–Crippen MR) is 91.8 cm³/mol. The molecule has 1 aromatic rings. The molecule has 1 N–H and O–H groups in total. The molecule has 1 rings (SSSR count). The van der Waals surface area contributed by atoms with E-state index in [2.05, 4.69) is 64.2 Å². The first-order valence-corrected chi connectivity index (χ1v) is 8.34. The summed E-state index contributed by atoms with van der Waals surface area (Å²) in [6.45, 7) is 13.8. The lowest BCUT2D eigenvalue weighted by Crippen LogP contribution is -2.30. The van der Waals surface area contributed by atoms with Crippen LogP contribution in [0.5, 0.6) is 0 Å². The van der Waals surface area contributed by atoms with Crippen LogP contribution in [-0.2, 0) is 11.2 Å². The van der Waals surface area contributed by atoms with Gasteiger partial charge >= 0.3 is 0 Å². The molecular weight excluding hydrogens is 258 g/mol. The zero-order valence-corrected chi connectivity index (χ0v) is 14.5. The summed E-state index contributed by atoms with van der Waals surface area (Å²) in [5.41, 5.74) is 2.79. The smallest absolute Gasteiger partial charge is 0.0488 e. The molecule has 21 heavy (non-hydrogen) atoms. The molecule has 0 aliphatic carbocycles. The molecule has 0 spiro atoms. The third-order valence-corrected chi connectivity index (χ3v) is 3.54. The maximum Gasteiger partial charge on any atom is 0.0488 e. The highest BCUT2D eigenvalue weighted by atomic mass is 16.5. The van der Waals surface area contributed by atoms with Crippen molar-refractivity contribution in [3.63, 3.8) is 0 Å². The van der Waals surface area contributed by atoms with E-state index in [4.69, 9.17) is 4.74 Å². The lowest BCUT2D eigenvalue weighted by Gasteiger charge is -2.20. The van der Waals surface area contributed by atoms with Gasteiger partial charge in [-0.3, -0.25) is 0 Å². The number of rotatable bonds is 10. The summed E-state index contributed by atoms with van der Waals surface area (Å²) in [7, 11) is 0. The lowest BCUT2D eigenvalue weighted by atomic mass is 9.95. The zero-order chi connectivity index (χ0) is 15.7. The first-order chi connectivity index (χ1) is 9.97. The van der Waals surface area contributed by atoms with Gasteiger partial charge in [-0.2, -0.15) is 0 Å². The van der Waals surface area contributed by atoms with E-state index < -0.39 is 0 Å². The van der Waals surface area contributed by atoms with Crippen LogP contribution in [0.15, 0.2) is 24.3 Å². The van der Waals surface area contributed by atoms with Crippen molar-refractivity contribution in [2.45, 2.75) is 53.5 Å². The fourth-order valence-corrected chi connectivity index (χ4v) is 2.42. The second-order valence-corrected chi connectivity index (χ2v) is 6.88. The van der Waals surface area contributed by atoms with Crippen molar-refractivity contribution in [2.24, 2.45) is 11.8 Å². The summed E-state index contributed by atoms with van der Waals surface area (Å²) in [6, 6.07) is 9.41. The van der Waals surface area contributed by atoms with Crippen LogP contribution in [0.1, 0.15) is 45.2 Å². The molecule has 0 radical (unpaired) electrons. The van der Waals surface area contributed by atoms with Gasteiger partial charge in [0.2, 0.25) is 0 Å². The van der Waals surface area contributed by atoms with Crippen LogP contribution in [-0.4, -0.2) is 25.8 Å². The quantitative estimate of drug-likeness (QED) is 0.652. The minimum atomic E-state index is 0.543. The van der Waals surface area contributed by atoms with Gasteiger partial charge in [-0.15, -0.1) is 0 Å². The fraction of sp³-hybridized carbons (Fsp3) is 0.684.